The molecular weight excluding hydrogens is 222 g/mol. The molecule has 3 rings (SSSR count). The Morgan fingerprint density at radius 3 is 2.44 bits per heavy atom. The van der Waals surface area contributed by atoms with Crippen LogP contribution in [0.5, 0.6) is 5.75 Å². The van der Waals surface area contributed by atoms with E-state index in [1.165, 1.54) is 31.2 Å². The summed E-state index contributed by atoms with van der Waals surface area (Å²) in [5, 5.41) is 13.5. The Bertz CT molecular complexity index is 431. The molecule has 0 amide bonds. The molecular formula is C16H23NO. The topological polar surface area (TPSA) is 32.3 Å². The van der Waals surface area contributed by atoms with Crippen LogP contribution in [0.3, 0.4) is 0 Å². The molecule has 0 saturated heterocycles. The van der Waals surface area contributed by atoms with E-state index in [-0.39, 0.29) is 0 Å². The molecule has 0 spiro atoms. The van der Waals surface area contributed by atoms with Gasteiger partial charge in [0.05, 0.1) is 0 Å². The fourth-order valence-electron chi connectivity index (χ4n) is 3.89. The van der Waals surface area contributed by atoms with Gasteiger partial charge in [0, 0.05) is 12.6 Å². The highest BCUT2D eigenvalue weighted by Crippen LogP contribution is 2.44. The van der Waals surface area contributed by atoms with Crippen molar-refractivity contribution >= 4 is 0 Å². The lowest BCUT2D eigenvalue weighted by molar-refractivity contribution is 0.350. The van der Waals surface area contributed by atoms with Gasteiger partial charge in [-0.05, 0) is 61.6 Å². The van der Waals surface area contributed by atoms with Gasteiger partial charge in [0.25, 0.3) is 0 Å². The number of aryl methyl sites for hydroxylation is 2. The number of hydrogen-bond donors (Lipinski definition) is 2. The molecule has 2 nitrogen and oxygen atoms in total. The molecule has 2 aliphatic rings. The largest absolute Gasteiger partial charge is 0.507 e. The highest BCUT2D eigenvalue weighted by Gasteiger charge is 2.38. The summed E-state index contributed by atoms with van der Waals surface area (Å²) in [6.45, 7) is 4.89. The molecule has 2 saturated carbocycles. The number of fused-ring (bicyclic) bond motifs is 2. The van der Waals surface area contributed by atoms with Crippen molar-refractivity contribution in [2.75, 3.05) is 0 Å². The average Bonchev–Trinajstić information content (AvgIpc) is 2.95. The van der Waals surface area contributed by atoms with E-state index in [0.717, 1.165) is 35.5 Å². The molecule has 0 aliphatic heterocycles. The average molecular weight is 245 g/mol. The van der Waals surface area contributed by atoms with Crippen LogP contribution < -0.4 is 5.32 Å². The van der Waals surface area contributed by atoms with Gasteiger partial charge in [0.15, 0.2) is 0 Å². The number of hydrogen-bond acceptors (Lipinski definition) is 2. The first-order chi connectivity index (χ1) is 8.63. The summed E-state index contributed by atoms with van der Waals surface area (Å²) < 4.78 is 0. The predicted molar refractivity (Wildman–Crippen MR) is 73.7 cm³/mol. The SMILES string of the molecule is Cc1cc(CNC2CC3CCC2C3)cc(C)c1O. The van der Waals surface area contributed by atoms with E-state index in [2.05, 4.69) is 17.4 Å². The highest BCUT2D eigenvalue weighted by molar-refractivity contribution is 5.42. The van der Waals surface area contributed by atoms with Crippen molar-refractivity contribution in [3.8, 4) is 5.75 Å². The third-order valence-corrected chi connectivity index (χ3v) is 4.86. The maximum Gasteiger partial charge on any atom is 0.121 e. The Labute approximate surface area is 109 Å². The monoisotopic (exact) mass is 245 g/mol. The van der Waals surface area contributed by atoms with Crippen molar-refractivity contribution in [1.29, 1.82) is 0 Å². The van der Waals surface area contributed by atoms with Crippen LogP contribution in [0.25, 0.3) is 0 Å². The molecule has 3 unspecified atom stereocenters. The van der Waals surface area contributed by atoms with E-state index in [1.54, 1.807) is 0 Å². The Morgan fingerprint density at radius 1 is 1.17 bits per heavy atom. The van der Waals surface area contributed by atoms with Gasteiger partial charge in [0.1, 0.15) is 5.75 Å². The van der Waals surface area contributed by atoms with Gasteiger partial charge in [-0.25, -0.2) is 0 Å². The Morgan fingerprint density at radius 2 is 1.89 bits per heavy atom. The van der Waals surface area contributed by atoms with E-state index in [0.29, 0.717) is 5.75 Å². The molecule has 2 N–H and O–H groups in total. The molecule has 2 aliphatic carbocycles. The molecule has 2 heteroatoms. The summed E-state index contributed by atoms with van der Waals surface area (Å²) >= 11 is 0. The molecule has 1 aromatic carbocycles. The van der Waals surface area contributed by atoms with E-state index in [9.17, 15) is 5.11 Å². The van der Waals surface area contributed by atoms with E-state index >= 15 is 0 Å². The minimum absolute atomic E-state index is 0.443. The van der Waals surface area contributed by atoms with Crippen LogP contribution in [0.2, 0.25) is 0 Å². The zero-order valence-corrected chi connectivity index (χ0v) is 11.4. The zero-order chi connectivity index (χ0) is 12.7. The molecule has 0 radical (unpaired) electrons. The van der Waals surface area contributed by atoms with Gasteiger partial charge in [-0.15, -0.1) is 0 Å². The first-order valence-corrected chi connectivity index (χ1v) is 7.16. The third-order valence-electron chi connectivity index (χ3n) is 4.86. The molecule has 0 aromatic heterocycles. The first-order valence-electron chi connectivity index (χ1n) is 7.16. The van der Waals surface area contributed by atoms with Crippen molar-refractivity contribution < 1.29 is 5.11 Å². The Hall–Kier alpha value is -1.02. The lowest BCUT2D eigenvalue weighted by Gasteiger charge is -2.23. The number of nitrogens with one attached hydrogen (secondary N) is 1. The van der Waals surface area contributed by atoms with E-state index in [4.69, 9.17) is 0 Å². The van der Waals surface area contributed by atoms with Crippen LogP contribution in [0.4, 0.5) is 0 Å². The van der Waals surface area contributed by atoms with Crippen LogP contribution in [0.1, 0.15) is 42.4 Å². The third kappa shape index (κ3) is 2.14. The molecule has 0 heterocycles. The summed E-state index contributed by atoms with van der Waals surface area (Å²) in [7, 11) is 0. The quantitative estimate of drug-likeness (QED) is 0.856. The number of benzene rings is 1. The maximum atomic E-state index is 9.78. The fraction of sp³-hybridized carbons (Fsp3) is 0.625. The molecule has 2 bridgehead atoms. The van der Waals surface area contributed by atoms with Gasteiger partial charge < -0.3 is 10.4 Å². The summed E-state index contributed by atoms with van der Waals surface area (Å²) in [5.74, 6) is 2.36. The number of phenolic OH excluding ortho intramolecular Hbond substituents is 1. The second-order valence-corrected chi connectivity index (χ2v) is 6.24. The second kappa shape index (κ2) is 4.58. The number of aromatic hydroxyl groups is 1. The van der Waals surface area contributed by atoms with Gasteiger partial charge >= 0.3 is 0 Å². The van der Waals surface area contributed by atoms with E-state index < -0.39 is 0 Å². The smallest absolute Gasteiger partial charge is 0.121 e. The lowest BCUT2D eigenvalue weighted by atomic mass is 9.95. The van der Waals surface area contributed by atoms with Gasteiger partial charge in [0.2, 0.25) is 0 Å². The van der Waals surface area contributed by atoms with Gasteiger partial charge in [-0.1, -0.05) is 18.6 Å². The van der Waals surface area contributed by atoms with E-state index in [1.807, 2.05) is 13.8 Å². The van der Waals surface area contributed by atoms with Crippen LogP contribution in [-0.4, -0.2) is 11.1 Å². The van der Waals surface area contributed by atoms with Crippen molar-refractivity contribution in [2.24, 2.45) is 11.8 Å². The molecule has 3 atom stereocenters. The molecule has 98 valence electrons. The van der Waals surface area contributed by atoms with Crippen LogP contribution >= 0.6 is 0 Å². The minimum atomic E-state index is 0.443. The number of phenols is 1. The predicted octanol–water partition coefficient (Wildman–Crippen LogP) is 3.29. The molecule has 2 fully saturated rings. The van der Waals surface area contributed by atoms with Crippen molar-refractivity contribution in [3.05, 3.63) is 28.8 Å². The second-order valence-electron chi connectivity index (χ2n) is 6.24. The van der Waals surface area contributed by atoms with Crippen LogP contribution in [-0.2, 0) is 6.54 Å². The highest BCUT2D eigenvalue weighted by atomic mass is 16.3. The van der Waals surface area contributed by atoms with Crippen LogP contribution in [0.15, 0.2) is 12.1 Å². The maximum absolute atomic E-state index is 9.78. The normalized spacial score (nSPS) is 30.0. The minimum Gasteiger partial charge on any atom is -0.507 e. The van der Waals surface area contributed by atoms with Gasteiger partial charge in [-0.2, -0.15) is 0 Å². The van der Waals surface area contributed by atoms with Crippen LogP contribution in [0, 0.1) is 25.7 Å². The summed E-state index contributed by atoms with van der Waals surface area (Å²) in [5.41, 5.74) is 3.27. The first kappa shape index (κ1) is 12.0. The number of rotatable bonds is 3. The standard InChI is InChI=1S/C16H23NO/c1-10-5-13(6-11(2)16(10)18)9-17-15-8-12-3-4-14(15)7-12/h5-6,12,14-15,17-18H,3-4,7-9H2,1-2H3. The van der Waals surface area contributed by atoms with Crippen molar-refractivity contribution in [1.82, 2.24) is 5.32 Å². The van der Waals surface area contributed by atoms with Crippen molar-refractivity contribution in [3.63, 3.8) is 0 Å². The molecule has 1 aromatic rings. The summed E-state index contributed by atoms with van der Waals surface area (Å²) in [4.78, 5) is 0. The Kier molecular flexibility index (Phi) is 3.06. The fourth-order valence-corrected chi connectivity index (χ4v) is 3.89. The van der Waals surface area contributed by atoms with Crippen molar-refractivity contribution in [2.45, 2.75) is 52.1 Å². The summed E-state index contributed by atoms with van der Waals surface area (Å²) in [6, 6.07) is 4.93. The zero-order valence-electron chi connectivity index (χ0n) is 11.4. The van der Waals surface area contributed by atoms with Gasteiger partial charge in [-0.3, -0.25) is 0 Å². The lowest BCUT2D eigenvalue weighted by Crippen LogP contribution is -2.33. The Balaban J connectivity index is 1.63. The summed E-state index contributed by atoms with van der Waals surface area (Å²) in [6.07, 6.45) is 5.71. The molecule has 18 heavy (non-hydrogen) atoms.